The van der Waals surface area contributed by atoms with Crippen molar-refractivity contribution in [1.82, 2.24) is 9.88 Å². The first-order valence-corrected chi connectivity index (χ1v) is 9.02. The lowest BCUT2D eigenvalue weighted by molar-refractivity contribution is -0.192. The molecule has 1 aromatic carbocycles. The van der Waals surface area contributed by atoms with Crippen LogP contribution in [-0.2, 0) is 11.3 Å². The number of aromatic nitrogens is 1. The number of halogens is 3. The summed E-state index contributed by atoms with van der Waals surface area (Å²) in [5.74, 6) is -2.19. The van der Waals surface area contributed by atoms with Crippen molar-refractivity contribution in [3.8, 4) is 0 Å². The number of alkyl halides is 3. The third kappa shape index (κ3) is 7.59. The molecule has 8 nitrogen and oxygen atoms in total. The van der Waals surface area contributed by atoms with Crippen LogP contribution in [0.3, 0.4) is 0 Å². The predicted molar refractivity (Wildman–Crippen MR) is 107 cm³/mol. The quantitative estimate of drug-likeness (QED) is 0.507. The lowest BCUT2D eigenvalue weighted by atomic mass is 10.2. The average molecular weight is 424 g/mol. The topological polar surface area (TPSA) is 121 Å². The molecule has 11 heteroatoms. The molecule has 0 amide bonds. The Morgan fingerprint density at radius 3 is 2.13 bits per heavy atom. The minimum Gasteiger partial charge on any atom is -0.475 e. The molecule has 0 atom stereocenters. The molecular formula is C19H23F3N6O2. The number of guanidine groups is 1. The Morgan fingerprint density at radius 2 is 1.67 bits per heavy atom. The molecule has 2 aromatic rings. The van der Waals surface area contributed by atoms with Crippen LogP contribution in [0.4, 0.5) is 24.7 Å². The van der Waals surface area contributed by atoms with E-state index in [0.717, 1.165) is 38.4 Å². The van der Waals surface area contributed by atoms with Crippen LogP contribution in [0.5, 0.6) is 0 Å². The van der Waals surface area contributed by atoms with Gasteiger partial charge in [0.05, 0.1) is 11.9 Å². The maximum Gasteiger partial charge on any atom is 0.490 e. The Labute approximate surface area is 171 Å². The first-order valence-electron chi connectivity index (χ1n) is 9.02. The number of anilines is 1. The van der Waals surface area contributed by atoms with Crippen LogP contribution in [-0.4, -0.2) is 59.3 Å². The number of carboxylic acids is 1. The molecule has 1 aliphatic rings. The van der Waals surface area contributed by atoms with Gasteiger partial charge in [0, 0.05) is 32.7 Å². The Bertz CT molecular complexity index is 832. The second-order valence-electron chi connectivity index (χ2n) is 6.46. The lowest BCUT2D eigenvalue weighted by Crippen LogP contribution is -2.46. The van der Waals surface area contributed by atoms with Gasteiger partial charge >= 0.3 is 12.1 Å². The van der Waals surface area contributed by atoms with Gasteiger partial charge in [0.15, 0.2) is 11.8 Å². The molecule has 30 heavy (non-hydrogen) atoms. The molecule has 162 valence electrons. The zero-order valence-electron chi connectivity index (χ0n) is 16.1. The van der Waals surface area contributed by atoms with Crippen LogP contribution in [0, 0.1) is 0 Å². The van der Waals surface area contributed by atoms with Gasteiger partial charge in [-0.25, -0.2) is 9.78 Å². The number of pyridine rings is 1. The van der Waals surface area contributed by atoms with Gasteiger partial charge in [-0.05, 0) is 17.7 Å². The number of carboxylic acid groups (broad SMARTS) is 1. The highest BCUT2D eigenvalue weighted by atomic mass is 19.4. The largest absolute Gasteiger partial charge is 0.490 e. The number of rotatable bonds is 4. The molecule has 0 unspecified atom stereocenters. The summed E-state index contributed by atoms with van der Waals surface area (Å²) in [5.41, 5.74) is 13.2. The molecule has 3 rings (SSSR count). The second kappa shape index (κ2) is 10.4. The summed E-state index contributed by atoms with van der Waals surface area (Å²) in [6, 6.07) is 14.5. The van der Waals surface area contributed by atoms with E-state index in [1.54, 1.807) is 0 Å². The van der Waals surface area contributed by atoms with Crippen LogP contribution in [0.15, 0.2) is 53.7 Å². The maximum atomic E-state index is 10.6. The Morgan fingerprint density at radius 1 is 1.07 bits per heavy atom. The first kappa shape index (κ1) is 22.9. The van der Waals surface area contributed by atoms with E-state index in [9.17, 15) is 13.2 Å². The van der Waals surface area contributed by atoms with Crippen molar-refractivity contribution in [2.75, 3.05) is 31.1 Å². The third-order valence-electron chi connectivity index (χ3n) is 4.20. The zero-order valence-corrected chi connectivity index (χ0v) is 16.1. The molecule has 1 fully saturated rings. The number of aliphatic carboxylic acids is 1. The van der Waals surface area contributed by atoms with Crippen LogP contribution >= 0.6 is 0 Å². The van der Waals surface area contributed by atoms with E-state index in [1.807, 2.05) is 18.3 Å². The monoisotopic (exact) mass is 424 g/mol. The number of piperazine rings is 1. The molecule has 1 saturated heterocycles. The van der Waals surface area contributed by atoms with Crippen LogP contribution < -0.4 is 16.4 Å². The number of carbonyl (C=O) groups is 1. The molecule has 0 bridgehead atoms. The van der Waals surface area contributed by atoms with E-state index in [0.29, 0.717) is 5.82 Å². The van der Waals surface area contributed by atoms with Gasteiger partial charge in [-0.1, -0.05) is 30.3 Å². The molecule has 0 radical (unpaired) electrons. The molecule has 5 N–H and O–H groups in total. The minimum absolute atomic E-state index is 0.0276. The number of benzene rings is 1. The SMILES string of the molecule is NC(N)=Nc1ccc(N2CCN(Cc3ccccc3)CC2)cn1.O=C(O)C(F)(F)F. The maximum absolute atomic E-state index is 10.6. The van der Waals surface area contributed by atoms with Crippen molar-refractivity contribution < 1.29 is 23.1 Å². The smallest absolute Gasteiger partial charge is 0.475 e. The van der Waals surface area contributed by atoms with E-state index in [4.69, 9.17) is 21.4 Å². The van der Waals surface area contributed by atoms with Crippen molar-refractivity contribution in [3.05, 3.63) is 54.2 Å². The summed E-state index contributed by atoms with van der Waals surface area (Å²) >= 11 is 0. The highest BCUT2D eigenvalue weighted by molar-refractivity contribution is 5.78. The zero-order chi connectivity index (χ0) is 22.1. The van der Waals surface area contributed by atoms with E-state index in [-0.39, 0.29) is 5.96 Å². The van der Waals surface area contributed by atoms with Crippen LogP contribution in [0.1, 0.15) is 5.56 Å². The summed E-state index contributed by atoms with van der Waals surface area (Å²) in [5, 5.41) is 7.12. The van der Waals surface area contributed by atoms with Gasteiger partial charge < -0.3 is 21.5 Å². The molecule has 0 spiro atoms. The third-order valence-corrected chi connectivity index (χ3v) is 4.20. The van der Waals surface area contributed by atoms with Gasteiger partial charge in [0.25, 0.3) is 0 Å². The van der Waals surface area contributed by atoms with E-state index < -0.39 is 12.1 Å². The summed E-state index contributed by atoms with van der Waals surface area (Å²) in [4.78, 5) is 21.9. The van der Waals surface area contributed by atoms with Crippen molar-refractivity contribution >= 4 is 23.4 Å². The van der Waals surface area contributed by atoms with Crippen molar-refractivity contribution in [2.24, 2.45) is 16.5 Å². The lowest BCUT2D eigenvalue weighted by Gasteiger charge is -2.36. The number of hydrogen-bond donors (Lipinski definition) is 3. The fourth-order valence-corrected chi connectivity index (χ4v) is 2.77. The Balaban J connectivity index is 0.000000396. The molecule has 1 aromatic heterocycles. The average Bonchev–Trinajstić information content (AvgIpc) is 2.69. The summed E-state index contributed by atoms with van der Waals surface area (Å²) in [6.45, 7) is 5.10. The van der Waals surface area contributed by atoms with E-state index in [2.05, 4.69) is 50.1 Å². The van der Waals surface area contributed by atoms with Gasteiger partial charge in [0.1, 0.15) is 0 Å². The van der Waals surface area contributed by atoms with E-state index in [1.165, 1.54) is 5.56 Å². The number of nitrogens with zero attached hydrogens (tertiary/aromatic N) is 4. The summed E-state index contributed by atoms with van der Waals surface area (Å²) in [7, 11) is 0. The van der Waals surface area contributed by atoms with Crippen LogP contribution in [0.25, 0.3) is 0 Å². The van der Waals surface area contributed by atoms with Crippen molar-refractivity contribution in [1.29, 1.82) is 0 Å². The summed E-state index contributed by atoms with van der Waals surface area (Å²) in [6.07, 6.45) is -3.26. The number of nitrogens with two attached hydrogens (primary N) is 2. The van der Waals surface area contributed by atoms with Gasteiger partial charge in [0.2, 0.25) is 0 Å². The Hall–Kier alpha value is -3.34. The number of aliphatic imine (C=N–C) groups is 1. The molecular weight excluding hydrogens is 401 g/mol. The highest BCUT2D eigenvalue weighted by Gasteiger charge is 2.38. The van der Waals surface area contributed by atoms with Crippen molar-refractivity contribution in [2.45, 2.75) is 12.7 Å². The normalized spacial score (nSPS) is 14.4. The Kier molecular flexibility index (Phi) is 7.98. The molecule has 1 aliphatic heterocycles. The van der Waals surface area contributed by atoms with Gasteiger partial charge in [-0.3, -0.25) is 4.90 Å². The van der Waals surface area contributed by atoms with Crippen molar-refractivity contribution in [3.63, 3.8) is 0 Å². The highest BCUT2D eigenvalue weighted by Crippen LogP contribution is 2.19. The first-order chi connectivity index (χ1) is 14.1. The summed E-state index contributed by atoms with van der Waals surface area (Å²) < 4.78 is 31.7. The standard InChI is InChI=1S/C17H22N6.C2HF3O2/c18-17(19)21-16-7-6-15(12-20-16)23-10-8-22(9-11-23)13-14-4-2-1-3-5-14;3-2(4,5)1(6)7/h1-7,12H,8-11,13H2,(H4,18,19,20,21);(H,6,7). The van der Waals surface area contributed by atoms with Gasteiger partial charge in [-0.2, -0.15) is 18.2 Å². The fourth-order valence-electron chi connectivity index (χ4n) is 2.77. The molecule has 0 saturated carbocycles. The second-order valence-corrected chi connectivity index (χ2v) is 6.46. The molecule has 0 aliphatic carbocycles. The fraction of sp³-hybridized carbons (Fsp3) is 0.316. The van der Waals surface area contributed by atoms with E-state index >= 15 is 0 Å². The molecule has 2 heterocycles. The predicted octanol–water partition coefficient (Wildman–Crippen LogP) is 1.94. The van der Waals surface area contributed by atoms with Crippen LogP contribution in [0.2, 0.25) is 0 Å². The number of hydrogen-bond acceptors (Lipinski definition) is 5. The minimum atomic E-state index is -5.08. The van der Waals surface area contributed by atoms with Gasteiger partial charge in [-0.15, -0.1) is 0 Å².